The van der Waals surface area contributed by atoms with Gasteiger partial charge >= 0.3 is 5.97 Å². The first-order valence-electron chi connectivity index (χ1n) is 6.39. The van der Waals surface area contributed by atoms with Gasteiger partial charge in [0.05, 0.1) is 4.88 Å². The molecule has 19 heavy (non-hydrogen) atoms. The van der Waals surface area contributed by atoms with E-state index in [4.69, 9.17) is 4.42 Å². The summed E-state index contributed by atoms with van der Waals surface area (Å²) < 4.78 is 5.83. The van der Waals surface area contributed by atoms with Gasteiger partial charge < -0.3 is 9.52 Å². The summed E-state index contributed by atoms with van der Waals surface area (Å²) in [6.45, 7) is 2.07. The highest BCUT2D eigenvalue weighted by Crippen LogP contribution is 2.43. The number of thiophene rings is 1. The van der Waals surface area contributed by atoms with Crippen LogP contribution in [0.5, 0.6) is 0 Å². The summed E-state index contributed by atoms with van der Waals surface area (Å²) in [6.07, 6.45) is 4.16. The highest BCUT2D eigenvalue weighted by molar-refractivity contribution is 7.13. The van der Waals surface area contributed by atoms with Crippen LogP contribution in [-0.2, 0) is 5.41 Å². The summed E-state index contributed by atoms with van der Waals surface area (Å²) in [7, 11) is 0. The smallest absolute Gasteiger partial charge is 0.358 e. The minimum absolute atomic E-state index is 0.0767. The van der Waals surface area contributed by atoms with Crippen LogP contribution in [0.1, 0.15) is 48.9 Å². The van der Waals surface area contributed by atoms with Gasteiger partial charge in [-0.2, -0.15) is 0 Å². The summed E-state index contributed by atoms with van der Waals surface area (Å²) in [5.74, 6) is -0.0360. The molecule has 1 saturated carbocycles. The zero-order chi connectivity index (χ0) is 13.5. The van der Waals surface area contributed by atoms with Crippen molar-refractivity contribution in [1.29, 1.82) is 0 Å². The van der Waals surface area contributed by atoms with Crippen molar-refractivity contribution >= 4 is 17.3 Å². The quantitative estimate of drug-likeness (QED) is 0.923. The topological polar surface area (TPSA) is 63.3 Å². The number of nitrogens with zero attached hydrogens (tertiary/aromatic N) is 1. The average Bonchev–Trinajstić information content (AvgIpc) is 3.08. The van der Waals surface area contributed by atoms with Crippen LogP contribution in [0.4, 0.5) is 0 Å². The summed E-state index contributed by atoms with van der Waals surface area (Å²) >= 11 is 1.50. The van der Waals surface area contributed by atoms with Crippen LogP contribution < -0.4 is 0 Å². The molecule has 3 rings (SSSR count). The molecule has 0 atom stereocenters. The normalized spacial score (nSPS) is 17.7. The fourth-order valence-electron chi connectivity index (χ4n) is 2.76. The van der Waals surface area contributed by atoms with Crippen LogP contribution in [0.15, 0.2) is 21.9 Å². The van der Waals surface area contributed by atoms with Crippen LogP contribution in [0, 0.1) is 0 Å². The van der Waals surface area contributed by atoms with Crippen molar-refractivity contribution in [1.82, 2.24) is 4.98 Å². The molecule has 2 heterocycles. The van der Waals surface area contributed by atoms with Crippen LogP contribution in [-0.4, -0.2) is 16.1 Å². The molecular weight excluding hydrogens is 262 g/mol. The van der Waals surface area contributed by atoms with Crippen LogP contribution >= 0.6 is 11.3 Å². The number of aromatic nitrogens is 1. The van der Waals surface area contributed by atoms with E-state index in [-0.39, 0.29) is 11.1 Å². The number of carboxylic acids is 1. The number of aromatic carboxylic acids is 1. The molecule has 5 heteroatoms. The predicted octanol–water partition coefficient (Wildman–Crippen LogP) is 3.93. The largest absolute Gasteiger partial charge is 0.476 e. The Labute approximate surface area is 115 Å². The molecule has 0 spiro atoms. The lowest BCUT2D eigenvalue weighted by Crippen LogP contribution is -2.19. The highest BCUT2D eigenvalue weighted by Gasteiger charge is 2.39. The summed E-state index contributed by atoms with van der Waals surface area (Å²) in [5, 5.41) is 11.3. The van der Waals surface area contributed by atoms with Gasteiger partial charge in [-0.15, -0.1) is 11.3 Å². The zero-order valence-electron chi connectivity index (χ0n) is 10.7. The molecule has 0 unspecified atom stereocenters. The maximum absolute atomic E-state index is 11.4. The van der Waals surface area contributed by atoms with Gasteiger partial charge in [0.2, 0.25) is 5.89 Å². The van der Waals surface area contributed by atoms with Gasteiger partial charge in [0.1, 0.15) is 5.76 Å². The lowest BCUT2D eigenvalue weighted by atomic mass is 9.85. The van der Waals surface area contributed by atoms with E-state index in [2.05, 4.69) is 11.9 Å². The van der Waals surface area contributed by atoms with Gasteiger partial charge in [0, 0.05) is 5.41 Å². The molecule has 0 bridgehead atoms. The van der Waals surface area contributed by atoms with Crippen molar-refractivity contribution in [3.8, 4) is 10.8 Å². The second-order valence-corrected chi connectivity index (χ2v) is 6.19. The van der Waals surface area contributed by atoms with Crippen molar-refractivity contribution < 1.29 is 14.3 Å². The monoisotopic (exact) mass is 277 g/mol. The Hall–Kier alpha value is -1.62. The van der Waals surface area contributed by atoms with Gasteiger partial charge in [-0.05, 0) is 24.3 Å². The molecule has 100 valence electrons. The summed E-state index contributed by atoms with van der Waals surface area (Å²) in [6, 6.07) is 3.80. The molecule has 1 aliphatic carbocycles. The number of hydrogen-bond donors (Lipinski definition) is 1. The first kappa shape index (κ1) is 12.4. The van der Waals surface area contributed by atoms with Gasteiger partial charge in [-0.3, -0.25) is 0 Å². The fraction of sp³-hybridized carbons (Fsp3) is 0.429. The standard InChI is InChI=1S/C14H15NO3S/c1-14(6-2-3-7-14)11-10(13(16)17)15-12(18-11)9-5-4-8-19-9/h4-5,8H,2-3,6-7H2,1H3,(H,16,17). The lowest BCUT2D eigenvalue weighted by molar-refractivity contribution is 0.0686. The Bertz CT molecular complexity index is 594. The third-order valence-electron chi connectivity index (χ3n) is 3.82. The number of carbonyl (C=O) groups is 1. The van der Waals surface area contributed by atoms with Crippen molar-refractivity contribution in [3.63, 3.8) is 0 Å². The second kappa shape index (κ2) is 4.49. The fourth-order valence-corrected chi connectivity index (χ4v) is 3.41. The Kier molecular flexibility index (Phi) is 2.93. The first-order valence-corrected chi connectivity index (χ1v) is 7.27. The molecule has 0 radical (unpaired) electrons. The Balaban J connectivity index is 2.10. The first-order chi connectivity index (χ1) is 9.10. The molecule has 1 aliphatic rings. The van der Waals surface area contributed by atoms with Gasteiger partial charge in [0.15, 0.2) is 5.69 Å². The third-order valence-corrected chi connectivity index (χ3v) is 4.67. The molecule has 1 N–H and O–H groups in total. The maximum atomic E-state index is 11.4. The SMILES string of the molecule is CC1(c2oc(-c3cccs3)nc2C(=O)O)CCCC1. The maximum Gasteiger partial charge on any atom is 0.358 e. The third kappa shape index (κ3) is 2.08. The van der Waals surface area contributed by atoms with E-state index in [1.54, 1.807) is 0 Å². The van der Waals surface area contributed by atoms with Crippen molar-refractivity contribution in [2.24, 2.45) is 0 Å². The van der Waals surface area contributed by atoms with E-state index in [9.17, 15) is 9.90 Å². The molecule has 1 fully saturated rings. The molecule has 2 aromatic heterocycles. The zero-order valence-corrected chi connectivity index (χ0v) is 11.5. The summed E-state index contributed by atoms with van der Waals surface area (Å²) in [5.41, 5.74) is -0.108. The number of oxazole rings is 1. The van der Waals surface area contributed by atoms with Crippen LogP contribution in [0.3, 0.4) is 0 Å². The Morgan fingerprint density at radius 2 is 2.21 bits per heavy atom. The minimum Gasteiger partial charge on any atom is -0.476 e. The van der Waals surface area contributed by atoms with Gasteiger partial charge in [0.25, 0.3) is 0 Å². The van der Waals surface area contributed by atoms with Gasteiger partial charge in [-0.25, -0.2) is 9.78 Å². The van der Waals surface area contributed by atoms with E-state index < -0.39 is 5.97 Å². The predicted molar refractivity (Wildman–Crippen MR) is 72.6 cm³/mol. The van der Waals surface area contributed by atoms with E-state index >= 15 is 0 Å². The van der Waals surface area contributed by atoms with Crippen LogP contribution in [0.25, 0.3) is 10.8 Å². The molecule has 2 aromatic rings. The number of hydrogen-bond acceptors (Lipinski definition) is 4. The van der Waals surface area contributed by atoms with E-state index in [1.165, 1.54) is 11.3 Å². The van der Waals surface area contributed by atoms with E-state index in [0.29, 0.717) is 11.7 Å². The number of carboxylic acid groups (broad SMARTS) is 1. The van der Waals surface area contributed by atoms with E-state index in [0.717, 1.165) is 30.6 Å². The van der Waals surface area contributed by atoms with Crippen molar-refractivity contribution in [3.05, 3.63) is 29.0 Å². The Morgan fingerprint density at radius 3 is 2.79 bits per heavy atom. The van der Waals surface area contributed by atoms with Crippen molar-refractivity contribution in [2.45, 2.75) is 38.0 Å². The van der Waals surface area contributed by atoms with Crippen molar-refractivity contribution in [2.75, 3.05) is 0 Å². The van der Waals surface area contributed by atoms with E-state index in [1.807, 2.05) is 17.5 Å². The average molecular weight is 277 g/mol. The summed E-state index contributed by atoms with van der Waals surface area (Å²) in [4.78, 5) is 16.4. The van der Waals surface area contributed by atoms with Crippen LogP contribution in [0.2, 0.25) is 0 Å². The molecule has 0 aromatic carbocycles. The molecule has 0 saturated heterocycles. The van der Waals surface area contributed by atoms with Gasteiger partial charge in [-0.1, -0.05) is 25.8 Å². The Morgan fingerprint density at radius 1 is 1.47 bits per heavy atom. The molecule has 4 nitrogen and oxygen atoms in total. The molecular formula is C14H15NO3S. The molecule has 0 aliphatic heterocycles. The second-order valence-electron chi connectivity index (χ2n) is 5.25. The number of rotatable bonds is 3. The minimum atomic E-state index is -1.00. The highest BCUT2D eigenvalue weighted by atomic mass is 32.1. The molecule has 0 amide bonds. The lowest BCUT2D eigenvalue weighted by Gasteiger charge is -2.20.